The Balaban J connectivity index is 2.52. The van der Waals surface area contributed by atoms with Gasteiger partial charge in [0.15, 0.2) is 0 Å². The van der Waals surface area contributed by atoms with Gasteiger partial charge in [-0.2, -0.15) is 0 Å². The Morgan fingerprint density at radius 3 is 2.75 bits per heavy atom. The van der Waals surface area contributed by atoms with Crippen molar-refractivity contribution in [2.45, 2.75) is 33.6 Å². The Hall–Kier alpha value is -0.160. The molecule has 0 spiro atoms. The van der Waals surface area contributed by atoms with Crippen molar-refractivity contribution in [3.05, 3.63) is 0 Å². The topological polar surface area (TPSA) is 33.7 Å². The summed E-state index contributed by atoms with van der Waals surface area (Å²) in [5.41, 5.74) is 0.275. The van der Waals surface area contributed by atoms with Crippen LogP contribution in [0.25, 0.3) is 0 Å². The van der Waals surface area contributed by atoms with Crippen LogP contribution in [0.15, 0.2) is 0 Å². The molecule has 120 valence electrons. The third kappa shape index (κ3) is 6.53. The van der Waals surface area contributed by atoms with Gasteiger partial charge in [-0.25, -0.2) is 0 Å². The van der Waals surface area contributed by atoms with E-state index in [1.807, 2.05) is 0 Å². The molecule has 0 aromatic heterocycles. The highest BCUT2D eigenvalue weighted by molar-refractivity contribution is 4.87. The molecule has 1 unspecified atom stereocenters. The fourth-order valence-corrected chi connectivity index (χ4v) is 2.90. The Bertz CT molecular complexity index is 241. The first-order chi connectivity index (χ1) is 9.62. The zero-order valence-electron chi connectivity index (χ0n) is 13.9. The van der Waals surface area contributed by atoms with Gasteiger partial charge in [0.05, 0.1) is 13.2 Å². The number of likely N-dealkylation sites (N-methyl/N-ethyl adjacent to an activating group) is 1. The minimum absolute atomic E-state index is 0.275. The van der Waals surface area contributed by atoms with Crippen LogP contribution < -0.4 is 5.32 Å². The van der Waals surface area contributed by atoms with E-state index in [1.54, 1.807) is 7.11 Å². The van der Waals surface area contributed by atoms with E-state index < -0.39 is 0 Å². The summed E-state index contributed by atoms with van der Waals surface area (Å²) in [5.74, 6) is 0.701. The van der Waals surface area contributed by atoms with Gasteiger partial charge in [-0.15, -0.1) is 0 Å². The van der Waals surface area contributed by atoms with Gasteiger partial charge in [-0.1, -0.05) is 20.8 Å². The highest BCUT2D eigenvalue weighted by Crippen LogP contribution is 2.29. The van der Waals surface area contributed by atoms with Crippen LogP contribution in [0.4, 0.5) is 0 Å². The van der Waals surface area contributed by atoms with Crippen LogP contribution in [-0.2, 0) is 9.47 Å². The first kappa shape index (κ1) is 17.9. The number of nitrogens with zero attached hydrogens (tertiary/aromatic N) is 1. The molecular weight excluding hydrogens is 252 g/mol. The highest BCUT2D eigenvalue weighted by Gasteiger charge is 2.34. The lowest BCUT2D eigenvalue weighted by molar-refractivity contribution is -0.0282. The largest absolute Gasteiger partial charge is 0.383 e. The maximum absolute atomic E-state index is 5.79. The number of methoxy groups -OCH3 is 1. The van der Waals surface area contributed by atoms with Gasteiger partial charge in [-0.3, -0.25) is 0 Å². The standard InChI is InChI=1S/C16H34N2O2/c1-5-18(8-10-19-4)13-16(7-6-9-20-14-16)12-17-11-15(2)3/h15,17H,5-14H2,1-4H3. The van der Waals surface area contributed by atoms with Gasteiger partial charge < -0.3 is 19.7 Å². The SMILES string of the molecule is CCN(CCOC)CC1(CNCC(C)C)CCCOC1. The molecule has 1 N–H and O–H groups in total. The summed E-state index contributed by atoms with van der Waals surface area (Å²) in [4.78, 5) is 2.50. The van der Waals surface area contributed by atoms with Crippen LogP contribution in [0.2, 0.25) is 0 Å². The molecule has 0 aromatic rings. The van der Waals surface area contributed by atoms with Crippen LogP contribution in [0, 0.1) is 11.3 Å². The van der Waals surface area contributed by atoms with Crippen LogP contribution in [0.5, 0.6) is 0 Å². The minimum atomic E-state index is 0.275. The van der Waals surface area contributed by atoms with E-state index in [-0.39, 0.29) is 5.41 Å². The van der Waals surface area contributed by atoms with Crippen molar-refractivity contribution < 1.29 is 9.47 Å². The second kappa shape index (κ2) is 9.72. The van der Waals surface area contributed by atoms with E-state index >= 15 is 0 Å². The van der Waals surface area contributed by atoms with Crippen molar-refractivity contribution in [2.24, 2.45) is 11.3 Å². The van der Waals surface area contributed by atoms with Crippen LogP contribution in [0.1, 0.15) is 33.6 Å². The second-order valence-corrected chi connectivity index (χ2v) is 6.54. The predicted molar refractivity (Wildman–Crippen MR) is 84.2 cm³/mol. The lowest BCUT2D eigenvalue weighted by atomic mass is 9.81. The average molecular weight is 286 g/mol. The van der Waals surface area contributed by atoms with Crippen molar-refractivity contribution in [1.82, 2.24) is 10.2 Å². The van der Waals surface area contributed by atoms with Crippen molar-refractivity contribution >= 4 is 0 Å². The third-order valence-electron chi connectivity index (χ3n) is 4.07. The first-order valence-corrected chi connectivity index (χ1v) is 8.11. The van der Waals surface area contributed by atoms with Crippen LogP contribution in [-0.4, -0.2) is 64.6 Å². The first-order valence-electron chi connectivity index (χ1n) is 8.11. The molecule has 0 bridgehead atoms. The Morgan fingerprint density at radius 1 is 1.40 bits per heavy atom. The number of nitrogens with one attached hydrogen (secondary N) is 1. The van der Waals surface area contributed by atoms with E-state index in [1.165, 1.54) is 12.8 Å². The molecule has 1 aliphatic heterocycles. The summed E-state index contributed by atoms with van der Waals surface area (Å²) >= 11 is 0. The molecule has 0 saturated carbocycles. The summed E-state index contributed by atoms with van der Waals surface area (Å²) in [6.07, 6.45) is 2.45. The van der Waals surface area contributed by atoms with Gasteiger partial charge in [0.25, 0.3) is 0 Å². The Labute approximate surface area is 125 Å². The van der Waals surface area contributed by atoms with Gasteiger partial charge in [0, 0.05) is 38.8 Å². The number of hydrogen-bond acceptors (Lipinski definition) is 4. The maximum Gasteiger partial charge on any atom is 0.0589 e. The lowest BCUT2D eigenvalue weighted by Crippen LogP contribution is -2.50. The molecule has 4 nitrogen and oxygen atoms in total. The molecule has 0 radical (unpaired) electrons. The molecule has 4 heteroatoms. The van der Waals surface area contributed by atoms with E-state index in [4.69, 9.17) is 9.47 Å². The van der Waals surface area contributed by atoms with Gasteiger partial charge >= 0.3 is 0 Å². The van der Waals surface area contributed by atoms with E-state index in [2.05, 4.69) is 31.0 Å². The minimum Gasteiger partial charge on any atom is -0.383 e. The summed E-state index contributed by atoms with van der Waals surface area (Å²) in [5, 5.41) is 3.64. The maximum atomic E-state index is 5.79. The average Bonchev–Trinajstić information content (AvgIpc) is 2.44. The fraction of sp³-hybridized carbons (Fsp3) is 1.00. The van der Waals surface area contributed by atoms with Crippen molar-refractivity contribution in [1.29, 1.82) is 0 Å². The van der Waals surface area contributed by atoms with Crippen LogP contribution >= 0.6 is 0 Å². The van der Waals surface area contributed by atoms with E-state index in [0.717, 1.165) is 52.5 Å². The number of rotatable bonds is 10. The molecule has 1 heterocycles. The van der Waals surface area contributed by atoms with Crippen LogP contribution in [0.3, 0.4) is 0 Å². The van der Waals surface area contributed by atoms with Gasteiger partial charge in [0.1, 0.15) is 0 Å². The zero-order valence-corrected chi connectivity index (χ0v) is 13.9. The molecule has 1 aliphatic rings. The normalized spacial score (nSPS) is 23.7. The predicted octanol–water partition coefficient (Wildman–Crippen LogP) is 2.00. The molecule has 20 heavy (non-hydrogen) atoms. The highest BCUT2D eigenvalue weighted by atomic mass is 16.5. The van der Waals surface area contributed by atoms with E-state index in [9.17, 15) is 0 Å². The molecule has 0 amide bonds. The van der Waals surface area contributed by atoms with Gasteiger partial charge in [-0.05, 0) is 31.8 Å². The molecule has 1 fully saturated rings. The Morgan fingerprint density at radius 2 is 2.20 bits per heavy atom. The van der Waals surface area contributed by atoms with Crippen molar-refractivity contribution in [2.75, 3.05) is 59.7 Å². The molecule has 1 atom stereocenters. The fourth-order valence-electron chi connectivity index (χ4n) is 2.90. The summed E-state index contributed by atoms with van der Waals surface area (Å²) in [6.45, 7) is 14.7. The Kier molecular flexibility index (Phi) is 8.69. The molecular formula is C16H34N2O2. The molecule has 1 saturated heterocycles. The van der Waals surface area contributed by atoms with Gasteiger partial charge in [0.2, 0.25) is 0 Å². The number of ether oxygens (including phenoxy) is 2. The lowest BCUT2D eigenvalue weighted by Gasteiger charge is -2.41. The van der Waals surface area contributed by atoms with Crippen molar-refractivity contribution in [3.63, 3.8) is 0 Å². The van der Waals surface area contributed by atoms with E-state index in [0.29, 0.717) is 5.92 Å². The number of hydrogen-bond donors (Lipinski definition) is 1. The summed E-state index contributed by atoms with van der Waals surface area (Å²) in [6, 6.07) is 0. The smallest absolute Gasteiger partial charge is 0.0589 e. The summed E-state index contributed by atoms with van der Waals surface area (Å²) < 4.78 is 11.0. The molecule has 0 aliphatic carbocycles. The van der Waals surface area contributed by atoms with Crippen molar-refractivity contribution in [3.8, 4) is 0 Å². The molecule has 0 aromatic carbocycles. The zero-order chi connectivity index (χ0) is 14.8. The molecule has 1 rings (SSSR count). The third-order valence-corrected chi connectivity index (χ3v) is 4.07. The monoisotopic (exact) mass is 286 g/mol. The quantitative estimate of drug-likeness (QED) is 0.666. The second-order valence-electron chi connectivity index (χ2n) is 6.54. The summed E-state index contributed by atoms with van der Waals surface area (Å²) in [7, 11) is 1.78.